The lowest BCUT2D eigenvalue weighted by atomic mass is 9.82. The zero-order chi connectivity index (χ0) is 34.6. The Hall–Kier alpha value is -6.44. The molecule has 1 aliphatic carbocycles. The highest BCUT2D eigenvalue weighted by atomic mass is 16.3. The maximum absolute atomic E-state index is 6.54. The van der Waals surface area contributed by atoms with Crippen molar-refractivity contribution in [2.24, 2.45) is 0 Å². The van der Waals surface area contributed by atoms with Gasteiger partial charge in [-0.2, -0.15) is 0 Å². The molecule has 11 rings (SSSR count). The summed E-state index contributed by atoms with van der Waals surface area (Å²) < 4.78 is 6.54. The normalized spacial score (nSPS) is 13.3. The second-order valence-electron chi connectivity index (χ2n) is 14.8. The fraction of sp³-hybridized carbons (Fsp3) is 0.0588. The molecule has 0 N–H and O–H groups in total. The van der Waals surface area contributed by atoms with Crippen LogP contribution >= 0.6 is 0 Å². The Morgan fingerprint density at radius 2 is 0.923 bits per heavy atom. The average molecular weight is 663 g/mol. The van der Waals surface area contributed by atoms with Gasteiger partial charge in [0.15, 0.2) is 0 Å². The van der Waals surface area contributed by atoms with E-state index in [9.17, 15) is 0 Å². The standard InChI is InChI=1S/C51H34O/c1-51(2)44-20-10-9-14-36(44)42-28-35(26-27-45(42)51)31-22-24-32(25-23-31)48-37-15-5-7-17-39(37)49(40-18-8-6-16-38(40)48)41-19-11-21-46-50(41)43-29-33-12-3-4-13-34(33)30-47(43)52-46/h3-30H,1-2H3. The molecule has 1 heterocycles. The minimum absolute atomic E-state index is 0.00715. The lowest BCUT2D eigenvalue weighted by Gasteiger charge is -2.21. The summed E-state index contributed by atoms with van der Waals surface area (Å²) in [6.07, 6.45) is 0. The lowest BCUT2D eigenvalue weighted by Crippen LogP contribution is -2.14. The Morgan fingerprint density at radius 1 is 0.365 bits per heavy atom. The third-order valence-electron chi connectivity index (χ3n) is 11.7. The average Bonchev–Trinajstić information content (AvgIpc) is 3.67. The Bertz CT molecular complexity index is 3030. The number of furan rings is 1. The van der Waals surface area contributed by atoms with Crippen molar-refractivity contribution in [2.45, 2.75) is 19.3 Å². The summed E-state index contributed by atoms with van der Waals surface area (Å²) in [6.45, 7) is 4.68. The monoisotopic (exact) mass is 662 g/mol. The van der Waals surface area contributed by atoms with Crippen LogP contribution in [-0.4, -0.2) is 0 Å². The van der Waals surface area contributed by atoms with Crippen LogP contribution in [0.5, 0.6) is 0 Å². The van der Waals surface area contributed by atoms with Gasteiger partial charge >= 0.3 is 0 Å². The number of hydrogen-bond donors (Lipinski definition) is 0. The highest BCUT2D eigenvalue weighted by molar-refractivity contribution is 6.26. The number of hydrogen-bond acceptors (Lipinski definition) is 1. The van der Waals surface area contributed by atoms with Gasteiger partial charge in [0.2, 0.25) is 0 Å². The summed E-state index contributed by atoms with van der Waals surface area (Å²) in [6, 6.07) is 62.4. The smallest absolute Gasteiger partial charge is 0.136 e. The van der Waals surface area contributed by atoms with E-state index in [1.54, 1.807) is 0 Å². The Kier molecular flexibility index (Phi) is 6.08. The Labute approximate surface area is 302 Å². The predicted octanol–water partition coefficient (Wildman–Crippen LogP) is 14.4. The van der Waals surface area contributed by atoms with Crippen molar-refractivity contribution >= 4 is 54.3 Å². The molecule has 244 valence electrons. The Morgan fingerprint density at radius 3 is 1.65 bits per heavy atom. The topological polar surface area (TPSA) is 13.1 Å². The third-order valence-corrected chi connectivity index (χ3v) is 11.7. The summed E-state index contributed by atoms with van der Waals surface area (Å²) in [5.74, 6) is 0. The molecule has 0 saturated heterocycles. The predicted molar refractivity (Wildman–Crippen MR) is 220 cm³/mol. The summed E-state index contributed by atoms with van der Waals surface area (Å²) in [4.78, 5) is 0. The van der Waals surface area contributed by atoms with Gasteiger partial charge in [0.05, 0.1) is 0 Å². The van der Waals surface area contributed by atoms with E-state index in [4.69, 9.17) is 4.42 Å². The van der Waals surface area contributed by atoms with Crippen LogP contribution in [0.15, 0.2) is 174 Å². The van der Waals surface area contributed by atoms with Crippen LogP contribution in [0.25, 0.3) is 98.8 Å². The molecule has 1 nitrogen and oxygen atoms in total. The molecule has 0 fully saturated rings. The molecule has 0 bridgehead atoms. The van der Waals surface area contributed by atoms with Crippen LogP contribution in [0.1, 0.15) is 25.0 Å². The molecule has 0 amide bonds. The van der Waals surface area contributed by atoms with Gasteiger partial charge in [-0.15, -0.1) is 0 Å². The molecule has 0 unspecified atom stereocenters. The molecule has 1 aromatic heterocycles. The van der Waals surface area contributed by atoms with E-state index in [0.29, 0.717) is 0 Å². The van der Waals surface area contributed by atoms with Gasteiger partial charge in [-0.25, -0.2) is 0 Å². The van der Waals surface area contributed by atoms with Crippen LogP contribution in [0.4, 0.5) is 0 Å². The van der Waals surface area contributed by atoms with Crippen LogP contribution < -0.4 is 0 Å². The van der Waals surface area contributed by atoms with E-state index in [1.807, 2.05) is 0 Å². The van der Waals surface area contributed by atoms with E-state index in [2.05, 4.69) is 184 Å². The van der Waals surface area contributed by atoms with Gasteiger partial charge in [-0.3, -0.25) is 0 Å². The van der Waals surface area contributed by atoms with Crippen molar-refractivity contribution in [2.75, 3.05) is 0 Å². The fourth-order valence-electron chi connectivity index (χ4n) is 9.18. The maximum atomic E-state index is 6.54. The Balaban J connectivity index is 1.10. The molecule has 0 atom stereocenters. The maximum Gasteiger partial charge on any atom is 0.136 e. The highest BCUT2D eigenvalue weighted by Gasteiger charge is 2.35. The number of fused-ring (bicyclic) bond motifs is 9. The van der Waals surface area contributed by atoms with Crippen molar-refractivity contribution in [3.63, 3.8) is 0 Å². The molecule has 52 heavy (non-hydrogen) atoms. The molecule has 9 aromatic carbocycles. The minimum atomic E-state index is 0.00715. The van der Waals surface area contributed by atoms with Crippen molar-refractivity contribution in [3.05, 3.63) is 181 Å². The number of rotatable bonds is 3. The van der Waals surface area contributed by atoms with E-state index in [1.165, 1.54) is 88.0 Å². The van der Waals surface area contributed by atoms with E-state index in [-0.39, 0.29) is 5.41 Å². The summed E-state index contributed by atoms with van der Waals surface area (Å²) in [5.41, 5.74) is 14.7. The van der Waals surface area contributed by atoms with Gasteiger partial charge in [0.25, 0.3) is 0 Å². The minimum Gasteiger partial charge on any atom is -0.456 e. The molecule has 0 spiro atoms. The molecule has 10 aromatic rings. The van der Waals surface area contributed by atoms with Crippen LogP contribution in [-0.2, 0) is 5.41 Å². The van der Waals surface area contributed by atoms with Crippen LogP contribution in [0.3, 0.4) is 0 Å². The SMILES string of the molecule is CC1(C)c2ccccc2-c2cc(-c3ccc(-c4c5ccccc5c(-c5cccc6oc7cc8ccccc8cc7c56)c5ccccc45)cc3)ccc21. The highest BCUT2D eigenvalue weighted by Crippen LogP contribution is 2.50. The van der Waals surface area contributed by atoms with Gasteiger partial charge < -0.3 is 4.42 Å². The van der Waals surface area contributed by atoms with E-state index in [0.717, 1.165) is 21.9 Å². The summed E-state index contributed by atoms with van der Waals surface area (Å²) >= 11 is 0. The zero-order valence-electron chi connectivity index (χ0n) is 29.1. The van der Waals surface area contributed by atoms with Gasteiger partial charge in [0, 0.05) is 16.2 Å². The van der Waals surface area contributed by atoms with Crippen molar-refractivity contribution < 1.29 is 4.42 Å². The van der Waals surface area contributed by atoms with Gasteiger partial charge in [0.1, 0.15) is 11.2 Å². The van der Waals surface area contributed by atoms with Gasteiger partial charge in [-0.1, -0.05) is 159 Å². The first-order valence-electron chi connectivity index (χ1n) is 18.2. The second-order valence-corrected chi connectivity index (χ2v) is 14.8. The van der Waals surface area contributed by atoms with E-state index >= 15 is 0 Å². The van der Waals surface area contributed by atoms with Gasteiger partial charge in [-0.05, 0) is 112 Å². The van der Waals surface area contributed by atoms with Crippen molar-refractivity contribution in [3.8, 4) is 44.5 Å². The van der Waals surface area contributed by atoms with Crippen molar-refractivity contribution in [1.29, 1.82) is 0 Å². The van der Waals surface area contributed by atoms with Crippen molar-refractivity contribution in [1.82, 2.24) is 0 Å². The first-order chi connectivity index (χ1) is 25.5. The molecule has 0 aliphatic heterocycles. The van der Waals surface area contributed by atoms with Crippen LogP contribution in [0.2, 0.25) is 0 Å². The molecule has 0 saturated carbocycles. The molecular formula is C51H34O. The number of benzene rings is 9. The van der Waals surface area contributed by atoms with Crippen LogP contribution in [0, 0.1) is 0 Å². The largest absolute Gasteiger partial charge is 0.456 e. The molecule has 1 aliphatic rings. The molecule has 1 heteroatoms. The first-order valence-corrected chi connectivity index (χ1v) is 18.2. The lowest BCUT2D eigenvalue weighted by molar-refractivity contribution is 0.660. The third kappa shape index (κ3) is 4.11. The molecule has 0 radical (unpaired) electrons. The summed E-state index contributed by atoms with van der Waals surface area (Å²) in [5, 5.41) is 9.69. The molecular weight excluding hydrogens is 629 g/mol. The summed E-state index contributed by atoms with van der Waals surface area (Å²) in [7, 11) is 0. The fourth-order valence-corrected chi connectivity index (χ4v) is 9.18. The first kappa shape index (κ1) is 29.3. The van der Waals surface area contributed by atoms with E-state index < -0.39 is 0 Å². The zero-order valence-corrected chi connectivity index (χ0v) is 29.1. The second kappa shape index (κ2) is 10.8. The quantitative estimate of drug-likeness (QED) is 0.172.